The lowest BCUT2D eigenvalue weighted by molar-refractivity contribution is -0.135. The Balaban J connectivity index is 1.37. The molecule has 51 heavy (non-hydrogen) atoms. The third-order valence-corrected chi connectivity index (χ3v) is 9.62. The van der Waals surface area contributed by atoms with E-state index >= 15 is 0 Å². The molecule has 2 N–H and O–H groups in total. The van der Waals surface area contributed by atoms with Gasteiger partial charge >= 0.3 is 6.09 Å². The smallest absolute Gasteiger partial charge is 0.410 e. The average Bonchev–Trinajstić information content (AvgIpc) is 3.89. The van der Waals surface area contributed by atoms with Gasteiger partial charge < -0.3 is 10.1 Å². The van der Waals surface area contributed by atoms with Crippen LogP contribution in [0.1, 0.15) is 69.7 Å². The van der Waals surface area contributed by atoms with Crippen LogP contribution < -0.4 is 5.32 Å². The van der Waals surface area contributed by atoms with Gasteiger partial charge in [0.25, 0.3) is 11.8 Å². The summed E-state index contributed by atoms with van der Waals surface area (Å²) in [6.45, 7) is 9.86. The molecule has 2 aliphatic heterocycles. The van der Waals surface area contributed by atoms with E-state index in [1.54, 1.807) is 36.5 Å². The highest BCUT2D eigenvalue weighted by molar-refractivity contribution is 6.33. The molecule has 2 saturated heterocycles. The topological polar surface area (TPSA) is 114 Å². The molecule has 2 amide bonds. The van der Waals surface area contributed by atoms with Crippen molar-refractivity contribution in [3.05, 3.63) is 94.8 Å². The Hall–Kier alpha value is -4.84. The Labute approximate surface area is 301 Å². The molecule has 3 aliphatic rings. The number of rotatable bonds is 11. The minimum atomic E-state index is -2.97. The van der Waals surface area contributed by atoms with Gasteiger partial charge in [-0.2, -0.15) is 5.10 Å². The van der Waals surface area contributed by atoms with Gasteiger partial charge in [0.15, 0.2) is 5.96 Å². The number of alkyl halides is 2. The predicted molar refractivity (Wildman–Crippen MR) is 193 cm³/mol. The van der Waals surface area contributed by atoms with Gasteiger partial charge in [-0.3, -0.25) is 30.0 Å². The Kier molecular flexibility index (Phi) is 9.67. The van der Waals surface area contributed by atoms with Crippen molar-refractivity contribution in [3.63, 3.8) is 0 Å². The molecule has 0 unspecified atom stereocenters. The monoisotopic (exact) mass is 717 g/mol. The van der Waals surface area contributed by atoms with E-state index < -0.39 is 49.2 Å². The number of carbonyl (C=O) groups is 2. The number of halogens is 3. The van der Waals surface area contributed by atoms with E-state index in [1.807, 2.05) is 69.2 Å². The molecule has 10 nitrogen and oxygen atoms in total. The van der Waals surface area contributed by atoms with Gasteiger partial charge in [-0.25, -0.2) is 13.6 Å². The van der Waals surface area contributed by atoms with Crippen molar-refractivity contribution in [1.29, 1.82) is 5.41 Å². The number of benzene rings is 2. The highest BCUT2D eigenvalue weighted by atomic mass is 35.5. The van der Waals surface area contributed by atoms with Crippen LogP contribution in [-0.2, 0) is 15.1 Å². The van der Waals surface area contributed by atoms with E-state index in [2.05, 4.69) is 22.1 Å². The number of amides is 2. The normalized spacial score (nSPS) is 20.8. The second-order valence-corrected chi connectivity index (χ2v) is 15.1. The maximum absolute atomic E-state index is 15.0. The molecule has 3 heterocycles. The summed E-state index contributed by atoms with van der Waals surface area (Å²) in [7, 11) is 0. The fourth-order valence-corrected chi connectivity index (χ4v) is 6.91. The van der Waals surface area contributed by atoms with Crippen LogP contribution in [0.3, 0.4) is 0 Å². The van der Waals surface area contributed by atoms with E-state index in [4.69, 9.17) is 16.3 Å². The molecule has 2 aromatic carbocycles. The summed E-state index contributed by atoms with van der Waals surface area (Å²) >= 11 is 6.61. The number of allylic oxidation sites excluding steroid dienone is 1. The molecule has 1 saturated carbocycles. The SMILES string of the molecule is C=NN(/C=C(\C)c1ccc([C@@]2(CC(C)(C)C)NC(=N)N([C@H](COC(=O)N3CC(F)(F)C3)c3ccc(Cl)c(-c4ccccn4)c3)C2=O)cc1)C1CC1. The third kappa shape index (κ3) is 7.61. The molecular weight excluding hydrogens is 676 g/mol. The first-order valence-corrected chi connectivity index (χ1v) is 17.2. The number of nitrogens with one attached hydrogen (secondary N) is 2. The van der Waals surface area contributed by atoms with E-state index in [1.165, 1.54) is 4.90 Å². The van der Waals surface area contributed by atoms with Gasteiger partial charge in [0.05, 0.1) is 30.9 Å². The first-order chi connectivity index (χ1) is 24.1. The van der Waals surface area contributed by atoms with E-state index in [-0.39, 0.29) is 11.4 Å². The molecule has 0 radical (unpaired) electrons. The summed E-state index contributed by atoms with van der Waals surface area (Å²) in [6.07, 6.45) is 5.15. The second kappa shape index (κ2) is 13.7. The lowest BCUT2D eigenvalue weighted by Crippen LogP contribution is -2.58. The van der Waals surface area contributed by atoms with Crippen molar-refractivity contribution in [2.45, 2.75) is 70.5 Å². The number of hydrazone groups is 1. The lowest BCUT2D eigenvalue weighted by Gasteiger charge is -2.38. The summed E-state index contributed by atoms with van der Waals surface area (Å²) < 4.78 is 32.8. The zero-order valence-electron chi connectivity index (χ0n) is 29.1. The van der Waals surface area contributed by atoms with Crippen LogP contribution in [0.15, 0.2) is 78.2 Å². The number of pyridine rings is 1. The highest BCUT2D eigenvalue weighted by Gasteiger charge is 2.55. The lowest BCUT2D eigenvalue weighted by atomic mass is 9.75. The number of hydrogen-bond donors (Lipinski definition) is 2. The second-order valence-electron chi connectivity index (χ2n) is 14.7. The number of aromatic nitrogens is 1. The van der Waals surface area contributed by atoms with Crippen molar-refractivity contribution in [2.24, 2.45) is 10.5 Å². The van der Waals surface area contributed by atoms with Gasteiger partial charge in [-0.15, -0.1) is 0 Å². The molecular formula is C38H42ClF2N7O3. The number of guanidine groups is 1. The van der Waals surface area contributed by atoms with Crippen LogP contribution in [-0.4, -0.2) is 76.1 Å². The number of hydrogen-bond acceptors (Lipinski definition) is 7. The molecule has 0 bridgehead atoms. The fourth-order valence-electron chi connectivity index (χ4n) is 6.70. The number of nitrogens with zero attached hydrogens (tertiary/aromatic N) is 5. The van der Waals surface area contributed by atoms with Crippen molar-refractivity contribution >= 4 is 41.9 Å². The van der Waals surface area contributed by atoms with Crippen LogP contribution >= 0.6 is 11.6 Å². The molecule has 1 aliphatic carbocycles. The average molecular weight is 718 g/mol. The van der Waals surface area contributed by atoms with E-state index in [0.29, 0.717) is 39.9 Å². The summed E-state index contributed by atoms with van der Waals surface area (Å²) in [4.78, 5) is 34.5. The van der Waals surface area contributed by atoms with Crippen LogP contribution in [0, 0.1) is 10.8 Å². The van der Waals surface area contributed by atoms with Crippen molar-refractivity contribution < 1.29 is 23.1 Å². The molecule has 1 aromatic heterocycles. The Bertz CT molecular complexity index is 1850. The maximum Gasteiger partial charge on any atom is 0.410 e. The zero-order valence-corrected chi connectivity index (χ0v) is 29.9. The minimum Gasteiger partial charge on any atom is -0.447 e. The van der Waals surface area contributed by atoms with Crippen LogP contribution in [0.2, 0.25) is 5.02 Å². The largest absolute Gasteiger partial charge is 0.447 e. The standard InChI is InChI=1S/C38H42ClF2N7O3/c1-24(19-47(43-5)28-14-15-28)25-9-12-27(13-10-25)38(21-36(2,3)4)33(49)48(34(42)45-38)32(20-51-35(50)46-22-37(40,41)23-46)26-11-16-30(39)29(18-26)31-8-6-7-17-44-31/h6-13,16-19,28,32H,5,14-15,20-23H2,1-4H3,(H2,42,45)/b24-19+/t32-,38-/m1/s1. The van der Waals surface area contributed by atoms with Gasteiger partial charge in [-0.1, -0.05) is 68.8 Å². The first-order valence-electron chi connectivity index (χ1n) is 16.9. The number of likely N-dealkylation sites (tertiary alicyclic amines) is 1. The maximum atomic E-state index is 15.0. The van der Waals surface area contributed by atoms with Crippen LogP contribution in [0.4, 0.5) is 13.6 Å². The van der Waals surface area contributed by atoms with E-state index in [0.717, 1.165) is 28.9 Å². The van der Waals surface area contributed by atoms with Crippen molar-refractivity contribution in [1.82, 2.24) is 25.1 Å². The molecule has 3 fully saturated rings. The Morgan fingerprint density at radius 1 is 1.20 bits per heavy atom. The number of ether oxygens (including phenoxy) is 1. The minimum absolute atomic E-state index is 0.188. The first kappa shape index (κ1) is 36.0. The number of carbonyl (C=O) groups excluding carboxylic acids is 2. The predicted octanol–water partition coefficient (Wildman–Crippen LogP) is 7.67. The molecule has 13 heteroatoms. The summed E-state index contributed by atoms with van der Waals surface area (Å²) in [5, 5.41) is 18.8. The molecule has 0 spiro atoms. The van der Waals surface area contributed by atoms with Crippen LogP contribution in [0.5, 0.6) is 0 Å². The summed E-state index contributed by atoms with van der Waals surface area (Å²) in [5.41, 5.74) is 2.55. The van der Waals surface area contributed by atoms with Gasteiger partial charge in [0, 0.05) is 29.7 Å². The fraction of sp³-hybridized carbons (Fsp3) is 0.395. The molecule has 3 aromatic rings. The quantitative estimate of drug-likeness (QED) is 0.156. The highest BCUT2D eigenvalue weighted by Crippen LogP contribution is 2.43. The van der Waals surface area contributed by atoms with Gasteiger partial charge in [0.2, 0.25) is 0 Å². The Morgan fingerprint density at radius 2 is 1.90 bits per heavy atom. The van der Waals surface area contributed by atoms with Crippen molar-refractivity contribution in [2.75, 3.05) is 19.7 Å². The van der Waals surface area contributed by atoms with Gasteiger partial charge in [-0.05, 0) is 78.1 Å². The third-order valence-electron chi connectivity index (χ3n) is 9.29. The van der Waals surface area contributed by atoms with Crippen LogP contribution in [0.25, 0.3) is 16.8 Å². The summed E-state index contributed by atoms with van der Waals surface area (Å²) in [5.74, 6) is -3.57. The van der Waals surface area contributed by atoms with E-state index in [9.17, 15) is 23.8 Å². The molecule has 2 atom stereocenters. The Morgan fingerprint density at radius 3 is 2.49 bits per heavy atom. The zero-order chi connectivity index (χ0) is 36.7. The molecule has 268 valence electrons. The van der Waals surface area contributed by atoms with Crippen molar-refractivity contribution in [3.8, 4) is 11.3 Å². The van der Waals surface area contributed by atoms with Gasteiger partial charge in [0.1, 0.15) is 12.1 Å². The molecule has 6 rings (SSSR count). The summed E-state index contributed by atoms with van der Waals surface area (Å²) in [6, 6.07) is 17.5.